The summed E-state index contributed by atoms with van der Waals surface area (Å²) in [5, 5.41) is 13.0. The van der Waals surface area contributed by atoms with Gasteiger partial charge in [-0.3, -0.25) is 4.79 Å². The number of methoxy groups -OCH3 is 2. The zero-order chi connectivity index (χ0) is 22.2. The van der Waals surface area contributed by atoms with E-state index in [0.717, 1.165) is 36.8 Å². The first-order valence-electron chi connectivity index (χ1n) is 9.97. The normalized spacial score (nSPS) is 13.1. The van der Waals surface area contributed by atoms with Crippen molar-refractivity contribution in [2.75, 3.05) is 26.1 Å². The molecule has 0 unspecified atom stereocenters. The highest BCUT2D eigenvalue weighted by molar-refractivity contribution is 7.16. The standard InChI is InChI=1S/C23H24N2O5S/c1-28-19-12-15(9-11-22(27)29-2)8-10-18(19)30-14-21(26)25-23-17(13-24)16-6-4-3-5-7-20(16)31-23/h8-12H,3-7,14H2,1-2H3,(H,25,26)/b11-9+. The largest absolute Gasteiger partial charge is 0.493 e. The summed E-state index contributed by atoms with van der Waals surface area (Å²) < 4.78 is 15.5. The van der Waals surface area contributed by atoms with E-state index in [1.54, 1.807) is 24.3 Å². The Bertz CT molecular complexity index is 1040. The summed E-state index contributed by atoms with van der Waals surface area (Å²) >= 11 is 1.49. The molecule has 0 atom stereocenters. The molecule has 162 valence electrons. The van der Waals surface area contributed by atoms with Crippen LogP contribution in [0.25, 0.3) is 6.08 Å². The number of thiophene rings is 1. The summed E-state index contributed by atoms with van der Waals surface area (Å²) in [6, 6.07) is 7.35. The molecule has 2 aromatic rings. The minimum atomic E-state index is -0.460. The van der Waals surface area contributed by atoms with E-state index in [2.05, 4.69) is 16.1 Å². The number of nitrogens with zero attached hydrogens (tertiary/aromatic N) is 1. The Balaban J connectivity index is 1.65. The number of aryl methyl sites for hydroxylation is 1. The molecule has 1 aromatic carbocycles. The number of hydrogen-bond donors (Lipinski definition) is 1. The summed E-state index contributed by atoms with van der Waals surface area (Å²) in [6.07, 6.45) is 8.08. The Kier molecular flexibility index (Phi) is 7.68. The molecule has 0 aliphatic heterocycles. The number of nitriles is 1. The van der Waals surface area contributed by atoms with Gasteiger partial charge in [0, 0.05) is 11.0 Å². The Morgan fingerprint density at radius 1 is 1.19 bits per heavy atom. The first kappa shape index (κ1) is 22.4. The van der Waals surface area contributed by atoms with Gasteiger partial charge in [0.1, 0.15) is 11.1 Å². The molecule has 1 N–H and O–H groups in total. The topological polar surface area (TPSA) is 97.6 Å². The summed E-state index contributed by atoms with van der Waals surface area (Å²) in [7, 11) is 2.80. The number of anilines is 1. The van der Waals surface area contributed by atoms with Gasteiger partial charge in [0.25, 0.3) is 5.91 Å². The second-order valence-electron chi connectivity index (χ2n) is 6.98. The van der Waals surface area contributed by atoms with Gasteiger partial charge in [-0.1, -0.05) is 12.5 Å². The maximum Gasteiger partial charge on any atom is 0.330 e. The lowest BCUT2D eigenvalue weighted by Gasteiger charge is -2.11. The van der Waals surface area contributed by atoms with Crippen LogP contribution in [0.5, 0.6) is 11.5 Å². The fourth-order valence-electron chi connectivity index (χ4n) is 3.39. The van der Waals surface area contributed by atoms with E-state index in [4.69, 9.17) is 9.47 Å². The predicted molar refractivity (Wildman–Crippen MR) is 118 cm³/mol. The van der Waals surface area contributed by atoms with Crippen LogP contribution in [0.3, 0.4) is 0 Å². The molecule has 0 radical (unpaired) electrons. The monoisotopic (exact) mass is 440 g/mol. The average Bonchev–Trinajstić information content (AvgIpc) is 2.94. The SMILES string of the molecule is COC(=O)/C=C/c1ccc(OCC(=O)Nc2sc3c(c2C#N)CCCCC3)c(OC)c1. The van der Waals surface area contributed by atoms with E-state index in [9.17, 15) is 14.9 Å². The molecule has 7 nitrogen and oxygen atoms in total. The third-order valence-electron chi connectivity index (χ3n) is 4.95. The van der Waals surface area contributed by atoms with Crippen molar-refractivity contribution in [1.82, 2.24) is 0 Å². The fraction of sp³-hybridized carbons (Fsp3) is 0.348. The molecule has 1 aliphatic carbocycles. The molecule has 1 heterocycles. The first-order valence-corrected chi connectivity index (χ1v) is 10.8. The van der Waals surface area contributed by atoms with E-state index in [0.29, 0.717) is 22.1 Å². The number of benzene rings is 1. The highest BCUT2D eigenvalue weighted by atomic mass is 32.1. The molecule has 0 bridgehead atoms. The van der Waals surface area contributed by atoms with Crippen LogP contribution in [0.1, 0.15) is 40.8 Å². The van der Waals surface area contributed by atoms with Gasteiger partial charge in [0.15, 0.2) is 18.1 Å². The van der Waals surface area contributed by atoms with E-state index in [1.807, 2.05) is 0 Å². The molecule has 0 spiro atoms. The third-order valence-corrected chi connectivity index (χ3v) is 6.15. The second-order valence-corrected chi connectivity index (χ2v) is 8.09. The lowest BCUT2D eigenvalue weighted by atomic mass is 10.1. The molecular weight excluding hydrogens is 416 g/mol. The molecule has 3 rings (SSSR count). The minimum absolute atomic E-state index is 0.221. The molecule has 8 heteroatoms. The van der Waals surface area contributed by atoms with E-state index in [-0.39, 0.29) is 12.5 Å². The van der Waals surface area contributed by atoms with Crippen molar-refractivity contribution in [1.29, 1.82) is 5.26 Å². The van der Waals surface area contributed by atoms with Crippen LogP contribution < -0.4 is 14.8 Å². The summed E-state index contributed by atoms with van der Waals surface area (Å²) in [5.74, 6) is 0.0268. The molecular formula is C23H24N2O5S. The summed E-state index contributed by atoms with van der Waals surface area (Å²) in [4.78, 5) is 24.9. The highest BCUT2D eigenvalue weighted by Crippen LogP contribution is 2.37. The van der Waals surface area contributed by atoms with Crippen molar-refractivity contribution in [3.63, 3.8) is 0 Å². The van der Waals surface area contributed by atoms with Crippen molar-refractivity contribution < 1.29 is 23.8 Å². The molecule has 0 fully saturated rings. The van der Waals surface area contributed by atoms with Crippen molar-refractivity contribution in [3.8, 4) is 17.6 Å². The number of carbonyl (C=O) groups excluding carboxylic acids is 2. The Labute approximate surface area is 185 Å². The number of fused-ring (bicyclic) bond motifs is 1. The van der Waals surface area contributed by atoms with Gasteiger partial charge in [-0.05, 0) is 55.0 Å². The Morgan fingerprint density at radius 2 is 2.00 bits per heavy atom. The molecule has 0 saturated heterocycles. The quantitative estimate of drug-likeness (QED) is 0.395. The number of hydrogen-bond acceptors (Lipinski definition) is 7. The lowest BCUT2D eigenvalue weighted by molar-refractivity contribution is -0.134. The minimum Gasteiger partial charge on any atom is -0.493 e. The van der Waals surface area contributed by atoms with Crippen LogP contribution in [0.4, 0.5) is 5.00 Å². The number of ether oxygens (including phenoxy) is 3. The van der Waals surface area contributed by atoms with Crippen LogP contribution in [0.2, 0.25) is 0 Å². The Hall–Kier alpha value is -3.31. The number of esters is 1. The zero-order valence-electron chi connectivity index (χ0n) is 17.5. The van der Waals surface area contributed by atoms with Gasteiger partial charge in [0.2, 0.25) is 0 Å². The van der Waals surface area contributed by atoms with Crippen LogP contribution in [0.15, 0.2) is 24.3 Å². The number of amides is 1. The highest BCUT2D eigenvalue weighted by Gasteiger charge is 2.21. The van der Waals surface area contributed by atoms with Gasteiger partial charge in [0.05, 0.1) is 19.8 Å². The van der Waals surface area contributed by atoms with Crippen LogP contribution in [-0.4, -0.2) is 32.7 Å². The summed E-state index contributed by atoms with van der Waals surface area (Å²) in [6.45, 7) is -0.221. The van der Waals surface area contributed by atoms with Crippen molar-refractivity contribution in [3.05, 3.63) is 45.8 Å². The number of nitrogens with one attached hydrogen (secondary N) is 1. The van der Waals surface area contributed by atoms with Gasteiger partial charge in [-0.15, -0.1) is 11.3 Å². The first-order chi connectivity index (χ1) is 15.0. The van der Waals surface area contributed by atoms with Crippen molar-refractivity contribution in [2.45, 2.75) is 32.1 Å². The molecule has 1 amide bonds. The van der Waals surface area contributed by atoms with Gasteiger partial charge in [-0.2, -0.15) is 5.26 Å². The van der Waals surface area contributed by atoms with Gasteiger partial charge in [-0.25, -0.2) is 4.79 Å². The van der Waals surface area contributed by atoms with E-state index < -0.39 is 5.97 Å². The average molecular weight is 441 g/mol. The van der Waals surface area contributed by atoms with E-state index in [1.165, 1.54) is 42.9 Å². The van der Waals surface area contributed by atoms with Gasteiger partial charge >= 0.3 is 5.97 Å². The predicted octanol–water partition coefficient (Wildman–Crippen LogP) is 4.10. The zero-order valence-corrected chi connectivity index (χ0v) is 18.3. The maximum atomic E-state index is 12.5. The summed E-state index contributed by atoms with van der Waals surface area (Å²) in [5.41, 5.74) is 2.38. The number of rotatable bonds is 7. The second kappa shape index (κ2) is 10.6. The lowest BCUT2D eigenvalue weighted by Crippen LogP contribution is -2.20. The smallest absolute Gasteiger partial charge is 0.330 e. The van der Waals surface area contributed by atoms with Crippen LogP contribution >= 0.6 is 11.3 Å². The van der Waals surface area contributed by atoms with Gasteiger partial charge < -0.3 is 19.5 Å². The molecule has 0 saturated carbocycles. The number of carbonyl (C=O) groups is 2. The third kappa shape index (κ3) is 5.64. The van der Waals surface area contributed by atoms with Crippen molar-refractivity contribution in [2.24, 2.45) is 0 Å². The fourth-order valence-corrected chi connectivity index (χ4v) is 4.65. The Morgan fingerprint density at radius 3 is 2.74 bits per heavy atom. The van der Waals surface area contributed by atoms with Crippen molar-refractivity contribution >= 4 is 34.3 Å². The molecule has 1 aliphatic rings. The van der Waals surface area contributed by atoms with Crippen LogP contribution in [-0.2, 0) is 27.2 Å². The molecule has 31 heavy (non-hydrogen) atoms. The maximum absolute atomic E-state index is 12.5. The van der Waals surface area contributed by atoms with E-state index >= 15 is 0 Å². The molecule has 1 aromatic heterocycles. The van der Waals surface area contributed by atoms with Crippen LogP contribution in [0, 0.1) is 11.3 Å².